The van der Waals surface area contributed by atoms with Crippen molar-refractivity contribution in [1.82, 2.24) is 4.90 Å². The van der Waals surface area contributed by atoms with Gasteiger partial charge in [-0.2, -0.15) is 0 Å². The van der Waals surface area contributed by atoms with Gasteiger partial charge in [-0.15, -0.1) is 0 Å². The van der Waals surface area contributed by atoms with E-state index in [1.807, 2.05) is 39.8 Å². The Morgan fingerprint density at radius 3 is 2.00 bits per heavy atom. The van der Waals surface area contributed by atoms with Crippen molar-refractivity contribution in [3.8, 4) is 0 Å². The number of hydrogen-bond acceptors (Lipinski definition) is 3. The van der Waals surface area contributed by atoms with Gasteiger partial charge in [0.15, 0.2) is 0 Å². The molecule has 0 amide bonds. The van der Waals surface area contributed by atoms with Gasteiger partial charge in [-0.1, -0.05) is 0 Å². The average Bonchev–Trinajstić information content (AvgIpc) is 1.48. The van der Waals surface area contributed by atoms with Gasteiger partial charge in [0, 0.05) is 6.26 Å². The summed E-state index contributed by atoms with van der Waals surface area (Å²) in [7, 11) is 1.77. The maximum Gasteiger partial charge on any atom is 0.0823 e. The second-order valence-electron chi connectivity index (χ2n) is 4.43. The van der Waals surface area contributed by atoms with Gasteiger partial charge in [0.25, 0.3) is 0 Å². The molecule has 0 aromatic carbocycles. The molecule has 0 aliphatic rings. The highest BCUT2D eigenvalue weighted by molar-refractivity contribution is 7.92. The Morgan fingerprint density at radius 2 is 1.75 bits per heavy atom. The van der Waals surface area contributed by atoms with E-state index in [4.69, 9.17) is 0 Å². The highest BCUT2D eigenvalue weighted by Crippen LogP contribution is 2.10. The van der Waals surface area contributed by atoms with Crippen molar-refractivity contribution in [3.05, 3.63) is 0 Å². The monoisotopic (exact) mass is 192 g/mol. The van der Waals surface area contributed by atoms with E-state index in [2.05, 4.69) is 4.36 Å². The zero-order chi connectivity index (χ0) is 9.99. The van der Waals surface area contributed by atoms with Crippen LogP contribution in [0.15, 0.2) is 4.36 Å². The van der Waals surface area contributed by atoms with Crippen LogP contribution >= 0.6 is 0 Å². The molecule has 0 N–H and O–H groups in total. The van der Waals surface area contributed by atoms with Gasteiger partial charge in [0.2, 0.25) is 0 Å². The van der Waals surface area contributed by atoms with E-state index in [-0.39, 0.29) is 5.54 Å². The lowest BCUT2D eigenvalue weighted by molar-refractivity contribution is 0.473. The van der Waals surface area contributed by atoms with Crippen LogP contribution in [0.2, 0.25) is 0 Å². The van der Waals surface area contributed by atoms with E-state index >= 15 is 0 Å². The summed E-state index contributed by atoms with van der Waals surface area (Å²) >= 11 is 0. The minimum atomic E-state index is -2.04. The summed E-state index contributed by atoms with van der Waals surface area (Å²) in [6.45, 7) is 5.89. The number of rotatable bonds is 2. The Morgan fingerprint density at radius 1 is 1.33 bits per heavy atom. The first-order valence-corrected chi connectivity index (χ1v) is 6.07. The van der Waals surface area contributed by atoms with E-state index in [0.29, 0.717) is 5.88 Å². The Kier molecular flexibility index (Phi) is 3.72. The van der Waals surface area contributed by atoms with Crippen molar-refractivity contribution in [2.45, 2.75) is 26.3 Å². The molecule has 0 saturated heterocycles. The molecule has 1 atom stereocenters. The minimum Gasteiger partial charge on any atom is -0.297 e. The molecule has 0 fully saturated rings. The maximum atomic E-state index is 11.8. The smallest absolute Gasteiger partial charge is 0.0823 e. The lowest BCUT2D eigenvalue weighted by atomic mass is 10.1. The van der Waals surface area contributed by atoms with Crippen LogP contribution in [0.1, 0.15) is 20.8 Å². The van der Waals surface area contributed by atoms with Crippen molar-refractivity contribution in [3.63, 3.8) is 0 Å². The molecule has 4 heteroatoms. The minimum absolute atomic E-state index is 0.207. The normalized spacial score (nSPS) is 17.6. The zero-order valence-corrected chi connectivity index (χ0v) is 9.73. The van der Waals surface area contributed by atoms with Crippen molar-refractivity contribution in [1.29, 1.82) is 0 Å². The fraction of sp³-hybridized carbons (Fsp3) is 1.00. The first kappa shape index (κ1) is 11.9. The van der Waals surface area contributed by atoms with E-state index in [1.54, 1.807) is 6.26 Å². The van der Waals surface area contributed by atoms with E-state index < -0.39 is 9.73 Å². The summed E-state index contributed by atoms with van der Waals surface area (Å²) in [4.78, 5) is 1.90. The van der Waals surface area contributed by atoms with E-state index in [0.717, 1.165) is 0 Å². The molecule has 0 aromatic rings. The lowest BCUT2D eigenvalue weighted by Crippen LogP contribution is -2.24. The number of nitrogens with zero attached hydrogens (tertiary/aromatic N) is 2. The van der Waals surface area contributed by atoms with Gasteiger partial charge < -0.3 is 0 Å². The Labute approximate surface area is 76.3 Å². The van der Waals surface area contributed by atoms with Crippen LogP contribution in [0.3, 0.4) is 0 Å². The van der Waals surface area contributed by atoms with Gasteiger partial charge in [0.05, 0.1) is 21.1 Å². The molecule has 0 aliphatic carbocycles. The van der Waals surface area contributed by atoms with Crippen molar-refractivity contribution in [2.24, 2.45) is 4.36 Å². The van der Waals surface area contributed by atoms with Crippen LogP contribution in [-0.2, 0) is 9.73 Å². The highest BCUT2D eigenvalue weighted by atomic mass is 32.2. The molecular weight excluding hydrogens is 172 g/mol. The third kappa shape index (κ3) is 6.61. The van der Waals surface area contributed by atoms with Crippen LogP contribution in [0.4, 0.5) is 0 Å². The molecular formula is C8H20N2OS. The molecule has 0 heterocycles. The quantitative estimate of drug-likeness (QED) is 0.662. The fourth-order valence-electron chi connectivity index (χ4n) is 1.09. The highest BCUT2D eigenvalue weighted by Gasteiger charge is 2.12. The topological polar surface area (TPSA) is 32.7 Å². The van der Waals surface area contributed by atoms with Crippen molar-refractivity contribution >= 4 is 9.73 Å². The molecule has 74 valence electrons. The summed E-state index contributed by atoms with van der Waals surface area (Å²) < 4.78 is 16.1. The van der Waals surface area contributed by atoms with Gasteiger partial charge in [-0.3, -0.25) is 4.90 Å². The van der Waals surface area contributed by atoms with E-state index in [9.17, 15) is 4.21 Å². The maximum absolute atomic E-state index is 11.8. The van der Waals surface area contributed by atoms with Gasteiger partial charge in [-0.05, 0) is 34.9 Å². The fourth-order valence-corrected chi connectivity index (χ4v) is 3.26. The van der Waals surface area contributed by atoms with Crippen LogP contribution in [-0.4, -0.2) is 40.9 Å². The third-order valence-corrected chi connectivity index (χ3v) is 2.89. The van der Waals surface area contributed by atoms with Gasteiger partial charge in [-0.25, -0.2) is 8.57 Å². The Bertz CT molecular complexity index is 244. The summed E-state index contributed by atoms with van der Waals surface area (Å²) in [5.74, 6) is 0.532. The Hall–Kier alpha value is -0.0900. The van der Waals surface area contributed by atoms with Crippen LogP contribution in [0.25, 0.3) is 0 Å². The van der Waals surface area contributed by atoms with Crippen LogP contribution in [0, 0.1) is 0 Å². The lowest BCUT2D eigenvalue weighted by Gasteiger charge is -2.17. The first-order valence-electron chi connectivity index (χ1n) is 3.98. The molecule has 0 rings (SSSR count). The van der Waals surface area contributed by atoms with Crippen LogP contribution in [0.5, 0.6) is 0 Å². The molecule has 0 spiro atoms. The second kappa shape index (κ2) is 3.75. The third-order valence-electron chi connectivity index (χ3n) is 0.965. The molecule has 0 saturated carbocycles. The van der Waals surface area contributed by atoms with Crippen LogP contribution < -0.4 is 0 Å². The molecule has 0 aromatic heterocycles. The standard InChI is InChI=1S/C8H20N2OS/c1-8(2,3)9-12(6,11)7-10(4)5/h7H2,1-6H3. The number of hydrogen-bond donors (Lipinski definition) is 0. The SMILES string of the molecule is CN(C)CS(C)(=O)=NC(C)(C)C. The second-order valence-corrected chi connectivity index (χ2v) is 6.79. The van der Waals surface area contributed by atoms with Gasteiger partial charge >= 0.3 is 0 Å². The summed E-state index contributed by atoms with van der Waals surface area (Å²) in [5.41, 5.74) is -0.207. The van der Waals surface area contributed by atoms with E-state index in [1.165, 1.54) is 0 Å². The zero-order valence-electron chi connectivity index (χ0n) is 8.92. The van der Waals surface area contributed by atoms with Gasteiger partial charge in [0.1, 0.15) is 0 Å². The largest absolute Gasteiger partial charge is 0.297 e. The molecule has 0 radical (unpaired) electrons. The predicted molar refractivity (Wildman–Crippen MR) is 54.8 cm³/mol. The molecule has 1 unspecified atom stereocenters. The predicted octanol–water partition coefficient (Wildman–Crippen LogP) is 1.40. The average molecular weight is 192 g/mol. The first-order chi connectivity index (χ1) is 5.12. The summed E-state index contributed by atoms with van der Waals surface area (Å²) in [6, 6.07) is 0. The summed E-state index contributed by atoms with van der Waals surface area (Å²) in [5, 5.41) is 0. The summed E-state index contributed by atoms with van der Waals surface area (Å²) in [6.07, 6.45) is 1.71. The molecule has 0 aliphatic heterocycles. The molecule has 12 heavy (non-hydrogen) atoms. The molecule has 3 nitrogen and oxygen atoms in total. The van der Waals surface area contributed by atoms with Crippen molar-refractivity contribution < 1.29 is 4.21 Å². The van der Waals surface area contributed by atoms with Crippen molar-refractivity contribution in [2.75, 3.05) is 26.2 Å². The molecule has 0 bridgehead atoms. The Balaban J connectivity index is 4.62.